The van der Waals surface area contributed by atoms with Crippen molar-refractivity contribution in [2.24, 2.45) is 0 Å². The van der Waals surface area contributed by atoms with Crippen LogP contribution in [0, 0.1) is 0 Å². The Morgan fingerprint density at radius 3 is 2.86 bits per heavy atom. The molecule has 4 rings (SSSR count). The molecule has 0 atom stereocenters. The van der Waals surface area contributed by atoms with E-state index in [9.17, 15) is 0 Å². The molecule has 2 N–H and O–H groups in total. The minimum atomic E-state index is 0. The molecule has 108 valence electrons. The maximum Gasteiger partial charge on any atom is 0.165 e. The molecule has 0 spiro atoms. The standard InChI is InChI=1S/C15H15N5.ClH/c16-14-13-15(18-8-17-14)20(9-19-13)7-10-4-5-11-2-1-3-12(11)6-10;/h4-6,8-9H,1-3,7H2,(H2,16,17,18);1H. The van der Waals surface area contributed by atoms with Crippen LogP contribution in [-0.4, -0.2) is 19.5 Å². The summed E-state index contributed by atoms with van der Waals surface area (Å²) in [5, 5.41) is 0. The van der Waals surface area contributed by atoms with Crippen LogP contribution < -0.4 is 5.73 Å². The molecule has 3 aromatic rings. The van der Waals surface area contributed by atoms with Gasteiger partial charge in [-0.2, -0.15) is 0 Å². The first-order valence-corrected chi connectivity index (χ1v) is 6.83. The van der Waals surface area contributed by atoms with E-state index >= 15 is 0 Å². The van der Waals surface area contributed by atoms with Gasteiger partial charge >= 0.3 is 0 Å². The first-order chi connectivity index (χ1) is 9.81. The fraction of sp³-hybridized carbons (Fsp3) is 0.267. The summed E-state index contributed by atoms with van der Waals surface area (Å²) in [4.78, 5) is 12.5. The number of aromatic nitrogens is 4. The molecule has 0 aliphatic heterocycles. The van der Waals surface area contributed by atoms with Crippen molar-refractivity contribution in [3.05, 3.63) is 47.5 Å². The molecule has 0 saturated carbocycles. The third kappa shape index (κ3) is 2.34. The van der Waals surface area contributed by atoms with Gasteiger partial charge in [-0.15, -0.1) is 12.4 Å². The van der Waals surface area contributed by atoms with Gasteiger partial charge in [0.05, 0.1) is 12.9 Å². The molecule has 1 aliphatic carbocycles. The van der Waals surface area contributed by atoms with E-state index in [0.717, 1.165) is 12.2 Å². The highest BCUT2D eigenvalue weighted by atomic mass is 35.5. The van der Waals surface area contributed by atoms with Crippen LogP contribution in [0.1, 0.15) is 23.1 Å². The number of hydrogen-bond acceptors (Lipinski definition) is 4. The Morgan fingerprint density at radius 2 is 1.95 bits per heavy atom. The lowest BCUT2D eigenvalue weighted by molar-refractivity contribution is 0.811. The van der Waals surface area contributed by atoms with Gasteiger partial charge in [0.2, 0.25) is 0 Å². The number of halogens is 1. The van der Waals surface area contributed by atoms with E-state index in [0.29, 0.717) is 11.3 Å². The number of nitrogen functional groups attached to an aromatic ring is 1. The topological polar surface area (TPSA) is 69.6 Å². The normalized spacial score (nSPS) is 13.1. The lowest BCUT2D eigenvalue weighted by Crippen LogP contribution is -2.01. The monoisotopic (exact) mass is 301 g/mol. The molecule has 6 heteroatoms. The minimum Gasteiger partial charge on any atom is -0.382 e. The van der Waals surface area contributed by atoms with Crippen molar-refractivity contribution in [2.75, 3.05) is 5.73 Å². The fourth-order valence-electron chi connectivity index (χ4n) is 2.93. The van der Waals surface area contributed by atoms with Crippen molar-refractivity contribution < 1.29 is 0 Å². The zero-order chi connectivity index (χ0) is 13.5. The summed E-state index contributed by atoms with van der Waals surface area (Å²) >= 11 is 0. The predicted octanol–water partition coefficient (Wildman–Crippen LogP) is 2.37. The molecule has 0 saturated heterocycles. The molecule has 21 heavy (non-hydrogen) atoms. The van der Waals surface area contributed by atoms with Crippen LogP contribution in [0.25, 0.3) is 11.2 Å². The van der Waals surface area contributed by atoms with Gasteiger partial charge in [-0.1, -0.05) is 18.2 Å². The number of nitrogens with two attached hydrogens (primary N) is 1. The zero-order valence-electron chi connectivity index (χ0n) is 11.5. The molecular weight excluding hydrogens is 286 g/mol. The van der Waals surface area contributed by atoms with Crippen molar-refractivity contribution in [1.82, 2.24) is 19.5 Å². The second-order valence-corrected chi connectivity index (χ2v) is 5.26. The molecule has 0 unspecified atom stereocenters. The van der Waals surface area contributed by atoms with Crippen molar-refractivity contribution in [3.8, 4) is 0 Å². The van der Waals surface area contributed by atoms with Crippen LogP contribution in [0.15, 0.2) is 30.9 Å². The van der Waals surface area contributed by atoms with E-state index < -0.39 is 0 Å². The average Bonchev–Trinajstić information content (AvgIpc) is 3.06. The maximum absolute atomic E-state index is 5.81. The zero-order valence-corrected chi connectivity index (χ0v) is 12.3. The summed E-state index contributed by atoms with van der Waals surface area (Å²) in [6.07, 6.45) is 6.95. The Hall–Kier alpha value is -2.14. The molecule has 1 aliphatic rings. The van der Waals surface area contributed by atoms with Gasteiger partial charge in [0.1, 0.15) is 11.8 Å². The molecule has 1 aromatic carbocycles. The molecule has 0 radical (unpaired) electrons. The summed E-state index contributed by atoms with van der Waals surface area (Å²) in [6.45, 7) is 0.764. The Labute approximate surface area is 128 Å². The van der Waals surface area contributed by atoms with Gasteiger partial charge in [0.25, 0.3) is 0 Å². The summed E-state index contributed by atoms with van der Waals surface area (Å²) in [7, 11) is 0. The molecular formula is C15H16ClN5. The largest absolute Gasteiger partial charge is 0.382 e. The molecule has 0 amide bonds. The Balaban J connectivity index is 0.00000132. The first-order valence-electron chi connectivity index (χ1n) is 6.83. The number of anilines is 1. The number of aryl methyl sites for hydroxylation is 2. The Kier molecular flexibility index (Phi) is 3.51. The number of benzene rings is 1. The maximum atomic E-state index is 5.81. The number of nitrogens with zero attached hydrogens (tertiary/aromatic N) is 4. The lowest BCUT2D eigenvalue weighted by atomic mass is 10.1. The molecule has 0 bridgehead atoms. The van der Waals surface area contributed by atoms with Gasteiger partial charge in [-0.25, -0.2) is 15.0 Å². The number of hydrogen-bond donors (Lipinski definition) is 1. The van der Waals surface area contributed by atoms with Gasteiger partial charge in [0, 0.05) is 0 Å². The fourth-order valence-corrected chi connectivity index (χ4v) is 2.93. The summed E-state index contributed by atoms with van der Waals surface area (Å²) in [5.41, 5.74) is 11.5. The van der Waals surface area contributed by atoms with Gasteiger partial charge in [-0.3, -0.25) is 0 Å². The SMILES string of the molecule is Cl.Nc1ncnc2c1ncn2Cc1ccc2c(c1)CCC2. The third-order valence-electron chi connectivity index (χ3n) is 3.95. The lowest BCUT2D eigenvalue weighted by Gasteiger charge is -2.06. The second kappa shape index (κ2) is 5.33. The van der Waals surface area contributed by atoms with Crippen LogP contribution in [0.3, 0.4) is 0 Å². The van der Waals surface area contributed by atoms with Crippen LogP contribution in [-0.2, 0) is 19.4 Å². The quantitative estimate of drug-likeness (QED) is 0.789. The van der Waals surface area contributed by atoms with Crippen LogP contribution in [0.5, 0.6) is 0 Å². The van der Waals surface area contributed by atoms with Gasteiger partial charge < -0.3 is 10.3 Å². The number of fused-ring (bicyclic) bond motifs is 2. The Morgan fingerprint density at radius 1 is 1.10 bits per heavy atom. The van der Waals surface area contributed by atoms with Crippen LogP contribution >= 0.6 is 12.4 Å². The highest BCUT2D eigenvalue weighted by molar-refractivity contribution is 5.85. The van der Waals surface area contributed by atoms with E-state index in [4.69, 9.17) is 5.73 Å². The predicted molar refractivity (Wildman–Crippen MR) is 84.6 cm³/mol. The number of imidazole rings is 1. The van der Waals surface area contributed by atoms with Crippen LogP contribution in [0.4, 0.5) is 5.82 Å². The van der Waals surface area contributed by atoms with E-state index in [-0.39, 0.29) is 12.4 Å². The van der Waals surface area contributed by atoms with E-state index in [1.165, 1.54) is 42.3 Å². The highest BCUT2D eigenvalue weighted by Crippen LogP contribution is 2.24. The number of rotatable bonds is 2. The van der Waals surface area contributed by atoms with Crippen LogP contribution in [0.2, 0.25) is 0 Å². The average molecular weight is 302 g/mol. The van der Waals surface area contributed by atoms with Crippen molar-refractivity contribution in [3.63, 3.8) is 0 Å². The smallest absolute Gasteiger partial charge is 0.165 e. The highest BCUT2D eigenvalue weighted by Gasteiger charge is 2.12. The Bertz CT molecular complexity index is 796. The summed E-state index contributed by atoms with van der Waals surface area (Å²) in [5.74, 6) is 0.433. The summed E-state index contributed by atoms with van der Waals surface area (Å²) < 4.78 is 2.02. The second-order valence-electron chi connectivity index (χ2n) is 5.26. The van der Waals surface area contributed by atoms with Crippen molar-refractivity contribution >= 4 is 29.4 Å². The third-order valence-corrected chi connectivity index (χ3v) is 3.95. The summed E-state index contributed by atoms with van der Waals surface area (Å²) in [6, 6.07) is 6.75. The molecule has 0 fully saturated rings. The van der Waals surface area contributed by atoms with Crippen molar-refractivity contribution in [1.29, 1.82) is 0 Å². The molecule has 2 heterocycles. The van der Waals surface area contributed by atoms with Gasteiger partial charge in [-0.05, 0) is 36.0 Å². The molecule has 5 nitrogen and oxygen atoms in total. The molecule has 2 aromatic heterocycles. The van der Waals surface area contributed by atoms with E-state index in [1.807, 2.05) is 4.57 Å². The van der Waals surface area contributed by atoms with E-state index in [1.54, 1.807) is 6.33 Å². The minimum absolute atomic E-state index is 0. The van der Waals surface area contributed by atoms with Crippen molar-refractivity contribution in [2.45, 2.75) is 25.8 Å². The van der Waals surface area contributed by atoms with Gasteiger partial charge in [0.15, 0.2) is 11.5 Å². The van der Waals surface area contributed by atoms with E-state index in [2.05, 4.69) is 33.2 Å². The first kappa shape index (κ1) is 13.8.